The molecule has 0 bridgehead atoms. The Labute approximate surface area is 135 Å². The van der Waals surface area contributed by atoms with E-state index in [0.717, 1.165) is 16.1 Å². The van der Waals surface area contributed by atoms with Crippen LogP contribution in [0.25, 0.3) is 0 Å². The van der Waals surface area contributed by atoms with Crippen molar-refractivity contribution in [3.63, 3.8) is 0 Å². The number of nitrogens with one attached hydrogen (secondary N) is 1. The monoisotopic (exact) mass is 358 g/mol. The van der Waals surface area contributed by atoms with E-state index in [1.54, 1.807) is 0 Å². The second-order valence-electron chi connectivity index (χ2n) is 6.91. The van der Waals surface area contributed by atoms with Crippen LogP contribution < -0.4 is 5.32 Å². The third-order valence-electron chi connectivity index (χ3n) is 4.36. The minimum Gasteiger partial charge on any atom is -0.381 e. The van der Waals surface area contributed by atoms with Crippen LogP contribution >= 0.6 is 27.5 Å². The first kappa shape index (κ1) is 16.1. The molecule has 112 valence electrons. The van der Waals surface area contributed by atoms with Crippen molar-refractivity contribution in [2.75, 3.05) is 5.32 Å². The van der Waals surface area contributed by atoms with Crippen LogP contribution in [0, 0.1) is 11.3 Å². The van der Waals surface area contributed by atoms with E-state index >= 15 is 0 Å². The molecule has 0 aliphatic heterocycles. The molecule has 1 saturated carbocycles. The molecule has 2 unspecified atom stereocenters. The van der Waals surface area contributed by atoms with Crippen LogP contribution in [0.2, 0.25) is 5.15 Å². The summed E-state index contributed by atoms with van der Waals surface area (Å²) in [6.07, 6.45) is 8.27. The molecule has 2 rings (SSSR count). The Morgan fingerprint density at radius 1 is 1.25 bits per heavy atom. The summed E-state index contributed by atoms with van der Waals surface area (Å²) in [5.41, 5.74) is 1.49. The average molecular weight is 360 g/mol. The van der Waals surface area contributed by atoms with Crippen molar-refractivity contribution in [2.45, 2.75) is 58.9 Å². The van der Waals surface area contributed by atoms with Gasteiger partial charge in [0, 0.05) is 6.04 Å². The maximum Gasteiger partial charge on any atom is 0.143 e. The highest BCUT2D eigenvalue weighted by Crippen LogP contribution is 2.37. The summed E-state index contributed by atoms with van der Waals surface area (Å²) >= 11 is 9.36. The largest absolute Gasteiger partial charge is 0.381 e. The Balaban J connectivity index is 1.95. The van der Waals surface area contributed by atoms with Gasteiger partial charge in [-0.3, -0.25) is 0 Å². The van der Waals surface area contributed by atoms with E-state index < -0.39 is 0 Å². The SMILES string of the molecule is CC(C)(C)C1CCCC(Nc2cnc(Cl)c(Br)c2)CC1. The summed E-state index contributed by atoms with van der Waals surface area (Å²) in [7, 11) is 0. The van der Waals surface area contributed by atoms with Crippen LogP contribution in [0.5, 0.6) is 0 Å². The molecule has 0 saturated heterocycles. The smallest absolute Gasteiger partial charge is 0.143 e. The Hall–Kier alpha value is -0.280. The first-order valence-electron chi connectivity index (χ1n) is 7.44. The zero-order valence-corrected chi connectivity index (χ0v) is 14.9. The third kappa shape index (κ3) is 4.36. The normalized spacial score (nSPS) is 24.2. The van der Waals surface area contributed by atoms with E-state index in [1.807, 2.05) is 12.3 Å². The molecule has 1 heterocycles. The molecule has 0 radical (unpaired) electrons. The van der Waals surface area contributed by atoms with Gasteiger partial charge in [0.05, 0.1) is 16.4 Å². The minimum absolute atomic E-state index is 0.430. The molecule has 1 aromatic heterocycles. The predicted octanol–water partition coefficient (Wildman–Crippen LogP) is 5.90. The molecule has 2 nitrogen and oxygen atoms in total. The quantitative estimate of drug-likeness (QED) is 0.525. The molecule has 1 fully saturated rings. The molecule has 1 aromatic rings. The van der Waals surface area contributed by atoms with Crippen molar-refractivity contribution in [3.05, 3.63) is 21.9 Å². The molecule has 0 spiro atoms. The first-order valence-corrected chi connectivity index (χ1v) is 8.61. The zero-order valence-electron chi connectivity index (χ0n) is 12.5. The summed E-state index contributed by atoms with van der Waals surface area (Å²) in [6, 6.07) is 2.57. The molecule has 20 heavy (non-hydrogen) atoms. The van der Waals surface area contributed by atoms with Crippen LogP contribution in [-0.2, 0) is 0 Å². The highest BCUT2D eigenvalue weighted by molar-refractivity contribution is 9.10. The summed E-state index contributed by atoms with van der Waals surface area (Å²) < 4.78 is 0.852. The van der Waals surface area contributed by atoms with Gasteiger partial charge in [0.25, 0.3) is 0 Å². The van der Waals surface area contributed by atoms with Gasteiger partial charge in [0.1, 0.15) is 5.15 Å². The summed E-state index contributed by atoms with van der Waals surface area (Å²) in [5, 5.41) is 4.13. The zero-order chi connectivity index (χ0) is 14.8. The number of aromatic nitrogens is 1. The molecule has 4 heteroatoms. The summed E-state index contributed by atoms with van der Waals surface area (Å²) in [4.78, 5) is 4.18. The number of halogens is 2. The van der Waals surface area contributed by atoms with Crippen LogP contribution in [-0.4, -0.2) is 11.0 Å². The molecule has 1 aliphatic rings. The van der Waals surface area contributed by atoms with Crippen LogP contribution in [0.1, 0.15) is 52.9 Å². The maximum atomic E-state index is 5.93. The van der Waals surface area contributed by atoms with Crippen molar-refractivity contribution in [1.29, 1.82) is 0 Å². The molecule has 2 atom stereocenters. The lowest BCUT2D eigenvalue weighted by atomic mass is 9.76. The van der Waals surface area contributed by atoms with Crippen LogP contribution in [0.3, 0.4) is 0 Å². The van der Waals surface area contributed by atoms with E-state index in [9.17, 15) is 0 Å². The number of hydrogen-bond acceptors (Lipinski definition) is 2. The molecule has 0 aromatic carbocycles. The fourth-order valence-electron chi connectivity index (χ4n) is 3.05. The number of nitrogens with zero attached hydrogens (tertiary/aromatic N) is 1. The Morgan fingerprint density at radius 3 is 2.65 bits per heavy atom. The first-order chi connectivity index (χ1) is 9.36. The van der Waals surface area contributed by atoms with Crippen LogP contribution in [0.15, 0.2) is 16.7 Å². The topological polar surface area (TPSA) is 24.9 Å². The van der Waals surface area contributed by atoms with Gasteiger partial charge in [-0.2, -0.15) is 0 Å². The van der Waals surface area contributed by atoms with Gasteiger partial charge in [-0.1, -0.05) is 38.8 Å². The van der Waals surface area contributed by atoms with E-state index in [-0.39, 0.29) is 0 Å². The van der Waals surface area contributed by atoms with E-state index in [2.05, 4.69) is 47.0 Å². The summed E-state index contributed by atoms with van der Waals surface area (Å²) in [6.45, 7) is 7.10. The van der Waals surface area contributed by atoms with E-state index in [1.165, 1.54) is 32.1 Å². The van der Waals surface area contributed by atoms with Gasteiger partial charge in [0.2, 0.25) is 0 Å². The van der Waals surface area contributed by atoms with Crippen molar-refractivity contribution < 1.29 is 0 Å². The Kier molecular flexibility index (Phi) is 5.36. The van der Waals surface area contributed by atoms with E-state index in [0.29, 0.717) is 16.6 Å². The van der Waals surface area contributed by atoms with Gasteiger partial charge in [-0.15, -0.1) is 0 Å². The molecular formula is C16H24BrClN2. The van der Waals surface area contributed by atoms with Crippen molar-refractivity contribution in [2.24, 2.45) is 11.3 Å². The lowest BCUT2D eigenvalue weighted by Crippen LogP contribution is -2.21. The minimum atomic E-state index is 0.430. The third-order valence-corrected chi connectivity index (χ3v) is 5.49. The van der Waals surface area contributed by atoms with Crippen molar-refractivity contribution >= 4 is 33.2 Å². The molecule has 0 amide bonds. The summed E-state index contributed by atoms with van der Waals surface area (Å²) in [5.74, 6) is 0.837. The van der Waals surface area contributed by atoms with Gasteiger partial charge in [0.15, 0.2) is 0 Å². The van der Waals surface area contributed by atoms with E-state index in [4.69, 9.17) is 11.6 Å². The second kappa shape index (κ2) is 6.65. The van der Waals surface area contributed by atoms with Gasteiger partial charge >= 0.3 is 0 Å². The Bertz CT molecular complexity index is 456. The fourth-order valence-corrected chi connectivity index (χ4v) is 3.50. The van der Waals surface area contributed by atoms with Crippen molar-refractivity contribution in [3.8, 4) is 0 Å². The Morgan fingerprint density at radius 2 is 2.00 bits per heavy atom. The highest BCUT2D eigenvalue weighted by Gasteiger charge is 2.27. The maximum absolute atomic E-state index is 5.93. The number of hydrogen-bond donors (Lipinski definition) is 1. The van der Waals surface area contributed by atoms with Crippen LogP contribution in [0.4, 0.5) is 5.69 Å². The number of anilines is 1. The number of rotatable bonds is 2. The lowest BCUT2D eigenvalue weighted by Gasteiger charge is -2.29. The van der Waals surface area contributed by atoms with Crippen molar-refractivity contribution in [1.82, 2.24) is 4.98 Å². The predicted molar refractivity (Wildman–Crippen MR) is 90.4 cm³/mol. The molecule has 1 N–H and O–H groups in total. The molecular weight excluding hydrogens is 336 g/mol. The second-order valence-corrected chi connectivity index (χ2v) is 8.12. The highest BCUT2D eigenvalue weighted by atomic mass is 79.9. The number of pyridine rings is 1. The molecule has 1 aliphatic carbocycles. The van der Waals surface area contributed by atoms with Gasteiger partial charge < -0.3 is 5.32 Å². The standard InChI is InChI=1S/C16H24BrClN2/c1-16(2,3)11-5-4-6-12(8-7-11)20-13-9-14(17)15(18)19-10-13/h9-12,20H,4-8H2,1-3H3. The van der Waals surface area contributed by atoms with Gasteiger partial charge in [-0.25, -0.2) is 4.98 Å². The van der Waals surface area contributed by atoms with Gasteiger partial charge in [-0.05, 0) is 59.0 Å². The average Bonchev–Trinajstić information content (AvgIpc) is 2.59. The lowest BCUT2D eigenvalue weighted by molar-refractivity contribution is 0.214. The fraction of sp³-hybridized carbons (Fsp3) is 0.688.